The molecule has 24 N–H and O–H groups in total. The summed E-state index contributed by atoms with van der Waals surface area (Å²) in [6.45, 7) is 16.5. The summed E-state index contributed by atoms with van der Waals surface area (Å²) >= 11 is 0. The molecule has 1 unspecified atom stereocenters. The third-order valence-electron chi connectivity index (χ3n) is 21.9. The first-order chi connectivity index (χ1) is 68.5. The Labute approximate surface area is 840 Å². The zero-order valence-corrected chi connectivity index (χ0v) is 83.7. The number of aromatic amines is 2. The third kappa shape index (κ3) is 43.9. The lowest BCUT2D eigenvalue weighted by Crippen LogP contribution is -2.63. The fourth-order valence-corrected chi connectivity index (χ4v) is 16.8. The second-order valence-electron chi connectivity index (χ2n) is 35.2. The van der Waals surface area contributed by atoms with Gasteiger partial charge in [0.1, 0.15) is 73.4 Å². The molecule has 0 saturated carbocycles. The van der Waals surface area contributed by atoms with Crippen LogP contribution in [0.2, 0.25) is 0 Å². The molecule has 3 aromatic carbocycles. The number of aliphatic hydroxyl groups excluding tert-OH is 1. The van der Waals surface area contributed by atoms with E-state index in [9.17, 15) is 97.5 Å². The maximum absolute atomic E-state index is 15.4. The van der Waals surface area contributed by atoms with Crippen LogP contribution in [0.4, 0.5) is 10.5 Å². The van der Waals surface area contributed by atoms with Crippen LogP contribution in [-0.2, 0) is 134 Å². The number of aliphatic hydroxyl groups is 2. The van der Waals surface area contributed by atoms with Gasteiger partial charge in [0.15, 0.2) is 6.04 Å². The predicted octanol–water partition coefficient (Wildman–Crippen LogP) is -0.840. The summed E-state index contributed by atoms with van der Waals surface area (Å²) in [7, 11) is 1.30. The average molecular weight is 2060 g/mol. The van der Waals surface area contributed by atoms with Crippen molar-refractivity contribution in [1.29, 1.82) is 0 Å². The number of fused-ring (bicyclic) bond motifs is 2. The highest BCUT2D eigenvalue weighted by Gasteiger charge is 2.43. The van der Waals surface area contributed by atoms with E-state index in [0.717, 1.165) is 20.8 Å². The molecular weight excluding hydrogens is 1930 g/mol. The number of nitrogens with two attached hydrogens (primary N) is 1. The molecule has 0 aliphatic carbocycles. The normalized spacial score (nSPS) is 20.4. The van der Waals surface area contributed by atoms with Crippen molar-refractivity contribution >= 4 is 156 Å². The quantitative estimate of drug-likeness (QED) is 0.0128. The summed E-state index contributed by atoms with van der Waals surface area (Å²) in [6, 6.07) is 1.08. The van der Waals surface area contributed by atoms with Crippen LogP contribution in [0, 0.1) is 17.8 Å². The van der Waals surface area contributed by atoms with E-state index in [0.29, 0.717) is 132 Å². The number of alkyl carbamates (subject to hydrolysis) is 1. The number of carboxylic acids is 3. The zero-order chi connectivity index (χ0) is 106. The summed E-state index contributed by atoms with van der Waals surface area (Å²) in [4.78, 5) is 259. The highest BCUT2D eigenvalue weighted by Crippen LogP contribution is 2.27. The monoisotopic (exact) mass is 2060 g/mol. The lowest BCUT2D eigenvalue weighted by Gasteiger charge is -2.29. The van der Waals surface area contributed by atoms with Gasteiger partial charge < -0.3 is 154 Å². The van der Waals surface area contributed by atoms with Crippen molar-refractivity contribution in [2.24, 2.45) is 23.5 Å². The number of hydrogen-bond donors (Lipinski definition) is 23. The number of benzene rings is 3. The van der Waals surface area contributed by atoms with Gasteiger partial charge in [-0.05, 0) is 111 Å². The number of carboxylic acid groups (broad SMARTS) is 3. The average Bonchev–Trinajstić information content (AvgIpc) is 1.67. The van der Waals surface area contributed by atoms with Gasteiger partial charge in [0.25, 0.3) is 5.91 Å². The Morgan fingerprint density at radius 2 is 1.01 bits per heavy atom. The van der Waals surface area contributed by atoms with Gasteiger partial charge in [0.2, 0.25) is 82.5 Å². The molecule has 3 heterocycles. The van der Waals surface area contributed by atoms with Gasteiger partial charge in [-0.1, -0.05) is 112 Å². The smallest absolute Gasteiger partial charge is 0.407 e. The van der Waals surface area contributed by atoms with Gasteiger partial charge in [-0.15, -0.1) is 0 Å². The fourth-order valence-electron chi connectivity index (χ4n) is 14.5. The molecular formula is C94H138N18O30S2. The van der Waals surface area contributed by atoms with Gasteiger partial charge in [-0.25, -0.2) is 9.59 Å². The maximum Gasteiger partial charge on any atom is 0.407 e. The first kappa shape index (κ1) is 120. The first-order valence-corrected chi connectivity index (χ1v) is 49.8. The first-order valence-electron chi connectivity index (χ1n) is 47.3. The summed E-state index contributed by atoms with van der Waals surface area (Å²) < 4.78 is 38.1. The van der Waals surface area contributed by atoms with Crippen LogP contribution in [0.5, 0.6) is 0 Å². The number of aliphatic carboxylic acids is 3. The van der Waals surface area contributed by atoms with E-state index >= 15 is 14.4 Å². The number of amides is 15. The highest BCUT2D eigenvalue weighted by molar-refractivity contribution is 8.76. The van der Waals surface area contributed by atoms with Crippen molar-refractivity contribution < 1.29 is 145 Å². The Bertz CT molecular complexity index is 5050. The minimum Gasteiger partial charge on any atom is -0.481 e. The molecule has 0 radical (unpaired) electrons. The number of hydrogen-bond acceptors (Lipinski definition) is 30. The molecule has 48 nitrogen and oxygen atoms in total. The maximum atomic E-state index is 15.4. The molecule has 0 spiro atoms. The molecule has 1 aliphatic heterocycles. The number of para-hydroxylation sites is 2. The number of carbonyl (C=O) groups is 18. The summed E-state index contributed by atoms with van der Waals surface area (Å²) in [6.07, 6.45) is -3.45. The zero-order valence-electron chi connectivity index (χ0n) is 82.1. The van der Waals surface area contributed by atoms with Crippen LogP contribution >= 0.6 is 21.6 Å². The van der Waals surface area contributed by atoms with Crippen LogP contribution in [0.1, 0.15) is 137 Å². The number of ether oxygens (including phenoxy) is 7. The summed E-state index contributed by atoms with van der Waals surface area (Å²) in [5, 5.41) is 90.4. The number of nitrogens with one attached hydrogen (secondary N) is 17. The van der Waals surface area contributed by atoms with Crippen LogP contribution < -0.4 is 85.5 Å². The molecule has 144 heavy (non-hydrogen) atoms. The molecule has 6 rings (SSSR count). The Morgan fingerprint density at radius 3 is 1.52 bits per heavy atom. The van der Waals surface area contributed by atoms with Crippen molar-refractivity contribution in [3.8, 4) is 0 Å². The van der Waals surface area contributed by atoms with Crippen molar-refractivity contribution in [3.05, 3.63) is 102 Å². The number of unbranched alkanes of at least 4 members (excludes halogenated alkanes) is 1. The number of rotatable bonds is 49. The van der Waals surface area contributed by atoms with Crippen LogP contribution in [-0.4, -0.2) is 331 Å². The van der Waals surface area contributed by atoms with E-state index in [1.807, 2.05) is 5.32 Å². The Balaban J connectivity index is 1.30. The second kappa shape index (κ2) is 63.5. The van der Waals surface area contributed by atoms with E-state index in [4.69, 9.17) is 38.9 Å². The Kier molecular flexibility index (Phi) is 52.9. The van der Waals surface area contributed by atoms with Gasteiger partial charge >= 0.3 is 24.0 Å². The Morgan fingerprint density at radius 1 is 0.521 bits per heavy atom. The van der Waals surface area contributed by atoms with E-state index in [-0.39, 0.29) is 90.2 Å². The molecule has 1 aliphatic rings. The number of aromatic nitrogens is 2. The Hall–Kier alpha value is -12.7. The standard InChI is InChI=1S/C94H138N18O30S2/c1-53(2)42-69-82(122)99-49-76(116)102-68(25-26-77(117)118)84(124)106-70(43-54(3)4)87(127)110-79(55(5)6)90(130)107-72(45-61-48-98-66-19-13-11-17-64(61)66)86(126)108-73(89(129)111-80(57(8)113)91(131)132)51-143-144-52-74(109-92(133)94(135,46-78(119)120)112-58(9)114)88(128)100-56(7)81(121)104-71(44-60-47-97-65-18-12-10-16-63(60)65)85(125)103-67(83(123)105-69)20-14-15-29-96-93(134)142-50-59-21-23-62(24-22-59)101-75(115)27-30-136-32-34-138-36-38-140-40-41-141-39-37-139-35-33-137-31-28-95/h10-13,16-19,21-24,47-48,53-57,67-74,79-80,97-98,113,135H,14-15,20,25-46,49-52,95H2,1-9H3,(H,96,134)(H,99,122)(H,100,128)(H,101,115)(H,102,116)(H,103,125)(H,104,121)(H,105,123)(H,106,124)(H,107,130)(H,108,126)(H,109,133)(H,110,127)(H,111,129)(H,112,114)(H,117,118)(H,119,120)(H,131,132)/t56-,57+,67-,68-,69-,70-,71-,72-,73-,74-,79-,80-,94?/m0/s1. The lowest BCUT2D eigenvalue weighted by atomic mass is 9.98. The molecule has 5 aromatic rings. The van der Waals surface area contributed by atoms with Crippen LogP contribution in [0.3, 0.4) is 0 Å². The minimum atomic E-state index is -3.28. The van der Waals surface area contributed by atoms with Crippen LogP contribution in [0.25, 0.3) is 21.8 Å². The predicted molar refractivity (Wildman–Crippen MR) is 525 cm³/mol. The van der Waals surface area contributed by atoms with E-state index in [1.165, 1.54) is 20.0 Å². The van der Waals surface area contributed by atoms with Gasteiger partial charge in [-0.2, -0.15) is 0 Å². The third-order valence-corrected chi connectivity index (χ3v) is 24.3. The molecule has 0 bridgehead atoms. The molecule has 50 heteroatoms. The number of H-pyrrole nitrogens is 2. The molecule has 13 atom stereocenters. The van der Waals surface area contributed by atoms with Crippen molar-refractivity contribution in [2.75, 3.05) is 116 Å². The lowest BCUT2D eigenvalue weighted by molar-refractivity contribution is -0.159. The van der Waals surface area contributed by atoms with E-state index in [1.54, 1.807) is 107 Å². The number of carbonyl (C=O) groups excluding carboxylic acids is 15. The van der Waals surface area contributed by atoms with Crippen LogP contribution in [0.15, 0.2) is 85.2 Å². The molecule has 2 aromatic heterocycles. The van der Waals surface area contributed by atoms with Crippen molar-refractivity contribution in [3.63, 3.8) is 0 Å². The summed E-state index contributed by atoms with van der Waals surface area (Å²) in [5.41, 5.74) is 5.08. The minimum absolute atomic E-state index is 0.0230. The molecule has 796 valence electrons. The fraction of sp³-hybridized carbons (Fsp3) is 0.574. The SMILES string of the molecule is CC(=O)NC(O)(CC(=O)O)C(=O)N[C@H]1CSSC[C@@H](C(=O)N[C@H](C(=O)O)[C@@H](C)O)NC(=O)[C@H](Cc2c[nH]c3ccccc23)NC(=O)[C@H](C(C)C)NC(=O)[C@H](CC(C)C)NC(=O)[C@H](CCC(=O)O)NC(=O)CNC(=O)[C@H](CC(C)C)NC(=O)[C@H](CCCCNC(=O)OCc2ccc(NC(=O)CCOCCOCCOCCOCCOCCOCCN)cc2)NC(=O)[C@H](Cc2c[nH]c3ccccc23)NC(=O)[C@H](C)NC1=O. The highest BCUT2D eigenvalue weighted by atomic mass is 33.1. The summed E-state index contributed by atoms with van der Waals surface area (Å²) in [5.74, 6) is -23.0. The second-order valence-corrected chi connectivity index (χ2v) is 37.8. The van der Waals surface area contributed by atoms with E-state index < -0.39 is 234 Å². The molecule has 1 saturated heterocycles. The molecule has 1 fully saturated rings. The van der Waals surface area contributed by atoms with E-state index in [2.05, 4.69) is 84.4 Å². The van der Waals surface area contributed by atoms with Crippen molar-refractivity contribution in [1.82, 2.24) is 84.4 Å². The van der Waals surface area contributed by atoms with Gasteiger partial charge in [0.05, 0.1) is 98.4 Å². The largest absolute Gasteiger partial charge is 0.481 e. The molecule has 15 amide bonds. The topological polar surface area (TPSA) is 711 Å². The van der Waals surface area contributed by atoms with Gasteiger partial charge in [-0.3, -0.25) is 76.7 Å². The van der Waals surface area contributed by atoms with Gasteiger partial charge in [0, 0.05) is 90.7 Å². The van der Waals surface area contributed by atoms with Crippen molar-refractivity contribution in [2.45, 2.75) is 218 Å². The number of anilines is 1.